The Labute approximate surface area is 148 Å². The van der Waals surface area contributed by atoms with Gasteiger partial charge >= 0.3 is 0 Å². The molecule has 2 aliphatic rings. The molecule has 4 atom stereocenters. The first-order valence-corrected chi connectivity index (χ1v) is 8.79. The lowest BCUT2D eigenvalue weighted by atomic mass is 9.87. The van der Waals surface area contributed by atoms with Crippen LogP contribution in [0.3, 0.4) is 0 Å². The molecular weight excluding hydrogens is 317 g/mol. The van der Waals surface area contributed by atoms with Gasteiger partial charge in [0.25, 0.3) is 0 Å². The molecule has 4 rings (SSSR count). The molecule has 3 nitrogen and oxygen atoms in total. The Morgan fingerprint density at radius 1 is 1.08 bits per heavy atom. The summed E-state index contributed by atoms with van der Waals surface area (Å²) in [6.45, 7) is 0.869. The fourth-order valence-corrected chi connectivity index (χ4v) is 4.41. The van der Waals surface area contributed by atoms with Crippen molar-refractivity contribution < 1.29 is 13.9 Å². The third-order valence-electron chi connectivity index (χ3n) is 5.34. The lowest BCUT2D eigenvalue weighted by Crippen LogP contribution is -2.25. The lowest BCUT2D eigenvalue weighted by Gasteiger charge is -2.22. The highest BCUT2D eigenvalue weighted by Crippen LogP contribution is 2.52. The predicted octanol–water partition coefficient (Wildman–Crippen LogP) is 4.05. The number of rotatable bonds is 3. The Kier molecular flexibility index (Phi) is 4.36. The summed E-state index contributed by atoms with van der Waals surface area (Å²) in [7, 11) is 5.82. The molecular formula is C21H24FNO2. The highest BCUT2D eigenvalue weighted by Gasteiger charge is 2.43. The molecule has 0 radical (unpaired) electrons. The third-order valence-corrected chi connectivity index (χ3v) is 5.34. The van der Waals surface area contributed by atoms with Gasteiger partial charge in [-0.15, -0.1) is 0 Å². The van der Waals surface area contributed by atoms with Gasteiger partial charge < -0.3 is 14.4 Å². The average Bonchev–Trinajstić information content (AvgIpc) is 2.95. The molecule has 1 unspecified atom stereocenters. The predicted molar refractivity (Wildman–Crippen MR) is 95.2 cm³/mol. The summed E-state index contributed by atoms with van der Waals surface area (Å²) < 4.78 is 26.3. The minimum atomic E-state index is -0.224. The molecule has 25 heavy (non-hydrogen) atoms. The van der Waals surface area contributed by atoms with E-state index in [0.29, 0.717) is 0 Å². The molecule has 1 heterocycles. The standard InChI is InChI=1S/C21H24FNO2/c1-23(2)12-14-11-19-15-6-4-5-7-16(15)20(24-3)17-9-8-13(22)10-18(17)21(19)25-14/h4-10,14,19-21H,11-12H2,1-3H3/t14-,19-,20?,21-/m1/s1. The summed E-state index contributed by atoms with van der Waals surface area (Å²) in [5, 5.41) is 0. The fourth-order valence-electron chi connectivity index (χ4n) is 4.41. The maximum atomic E-state index is 14.0. The summed E-state index contributed by atoms with van der Waals surface area (Å²) in [5.74, 6) is -0.000168. The van der Waals surface area contributed by atoms with Gasteiger partial charge in [-0.05, 0) is 54.9 Å². The smallest absolute Gasteiger partial charge is 0.123 e. The van der Waals surface area contributed by atoms with Gasteiger partial charge in [0.15, 0.2) is 0 Å². The van der Waals surface area contributed by atoms with E-state index in [9.17, 15) is 4.39 Å². The summed E-state index contributed by atoms with van der Waals surface area (Å²) in [6.07, 6.45) is 0.769. The normalized spacial score (nSPS) is 27.6. The topological polar surface area (TPSA) is 21.7 Å². The van der Waals surface area contributed by atoms with Crippen LogP contribution >= 0.6 is 0 Å². The first kappa shape index (κ1) is 16.7. The number of benzene rings is 2. The number of hydrogen-bond acceptors (Lipinski definition) is 3. The first-order valence-electron chi connectivity index (χ1n) is 8.79. The molecule has 4 heteroatoms. The zero-order valence-corrected chi connectivity index (χ0v) is 14.9. The third kappa shape index (κ3) is 2.88. The van der Waals surface area contributed by atoms with Crippen LogP contribution in [0.2, 0.25) is 0 Å². The first-order chi connectivity index (χ1) is 12.1. The Morgan fingerprint density at radius 2 is 1.80 bits per heavy atom. The van der Waals surface area contributed by atoms with Crippen LogP contribution in [0.1, 0.15) is 46.8 Å². The van der Waals surface area contributed by atoms with Gasteiger partial charge in [0, 0.05) is 19.6 Å². The lowest BCUT2D eigenvalue weighted by molar-refractivity contribution is 0.0263. The second kappa shape index (κ2) is 6.52. The van der Waals surface area contributed by atoms with Crippen molar-refractivity contribution in [3.8, 4) is 0 Å². The maximum Gasteiger partial charge on any atom is 0.123 e. The van der Waals surface area contributed by atoms with Crippen molar-refractivity contribution >= 4 is 0 Å². The van der Waals surface area contributed by atoms with Crippen LogP contribution in [0.4, 0.5) is 4.39 Å². The van der Waals surface area contributed by atoms with E-state index in [-0.39, 0.29) is 30.0 Å². The van der Waals surface area contributed by atoms with Gasteiger partial charge in [-0.3, -0.25) is 0 Å². The van der Waals surface area contributed by atoms with Crippen molar-refractivity contribution in [3.63, 3.8) is 0 Å². The molecule has 0 aromatic heterocycles. The molecule has 0 spiro atoms. The SMILES string of the molecule is COC1c2ccccc2[C@H]2C[C@H](CN(C)C)O[C@@H]2c2cc(F)ccc21. The largest absolute Gasteiger partial charge is 0.372 e. The fraction of sp³-hybridized carbons (Fsp3) is 0.429. The van der Waals surface area contributed by atoms with Crippen molar-refractivity contribution in [1.82, 2.24) is 4.90 Å². The van der Waals surface area contributed by atoms with Crippen LogP contribution in [-0.4, -0.2) is 38.8 Å². The number of halogens is 1. The summed E-state index contributed by atoms with van der Waals surface area (Å²) in [4.78, 5) is 2.15. The molecule has 0 bridgehead atoms. The van der Waals surface area contributed by atoms with E-state index in [2.05, 4.69) is 37.2 Å². The second-order valence-corrected chi connectivity index (χ2v) is 7.30. The van der Waals surface area contributed by atoms with Crippen LogP contribution in [0, 0.1) is 5.82 Å². The zero-order chi connectivity index (χ0) is 17.6. The number of likely N-dealkylation sites (N-methyl/N-ethyl adjacent to an activating group) is 1. The van der Waals surface area contributed by atoms with E-state index in [1.54, 1.807) is 13.2 Å². The van der Waals surface area contributed by atoms with Crippen molar-refractivity contribution in [2.45, 2.75) is 30.7 Å². The minimum absolute atomic E-state index is 0.128. The minimum Gasteiger partial charge on any atom is -0.372 e. The van der Waals surface area contributed by atoms with E-state index < -0.39 is 0 Å². The van der Waals surface area contributed by atoms with E-state index in [4.69, 9.17) is 9.47 Å². The molecule has 0 N–H and O–H groups in total. The molecule has 2 aromatic rings. The summed E-state index contributed by atoms with van der Waals surface area (Å²) in [6, 6.07) is 13.4. The zero-order valence-electron chi connectivity index (χ0n) is 14.9. The maximum absolute atomic E-state index is 14.0. The van der Waals surface area contributed by atoms with Crippen molar-refractivity contribution in [3.05, 3.63) is 70.5 Å². The number of nitrogens with zero attached hydrogens (tertiary/aromatic N) is 1. The Balaban J connectivity index is 1.87. The number of methoxy groups -OCH3 is 1. The molecule has 0 saturated carbocycles. The van der Waals surface area contributed by atoms with Crippen molar-refractivity contribution in [2.75, 3.05) is 27.7 Å². The van der Waals surface area contributed by atoms with Crippen LogP contribution < -0.4 is 0 Å². The van der Waals surface area contributed by atoms with E-state index in [0.717, 1.165) is 24.1 Å². The van der Waals surface area contributed by atoms with E-state index in [1.807, 2.05) is 12.1 Å². The molecule has 132 valence electrons. The second-order valence-electron chi connectivity index (χ2n) is 7.30. The monoisotopic (exact) mass is 341 g/mol. The number of ether oxygens (including phenoxy) is 2. The van der Waals surface area contributed by atoms with Gasteiger partial charge in [0.05, 0.1) is 12.2 Å². The molecule has 1 aliphatic heterocycles. The Hall–Kier alpha value is -1.75. The Morgan fingerprint density at radius 3 is 2.52 bits per heavy atom. The summed E-state index contributed by atoms with van der Waals surface area (Å²) in [5.41, 5.74) is 4.36. The van der Waals surface area contributed by atoms with Gasteiger partial charge in [0.2, 0.25) is 0 Å². The van der Waals surface area contributed by atoms with E-state index in [1.165, 1.54) is 17.2 Å². The quantitative estimate of drug-likeness (QED) is 0.841. The van der Waals surface area contributed by atoms with Gasteiger partial charge in [-0.1, -0.05) is 30.3 Å². The molecule has 2 aromatic carbocycles. The number of hydrogen-bond donors (Lipinski definition) is 0. The molecule has 1 fully saturated rings. The summed E-state index contributed by atoms with van der Waals surface area (Å²) >= 11 is 0. The number of fused-ring (bicyclic) bond motifs is 5. The van der Waals surface area contributed by atoms with Crippen LogP contribution in [0.25, 0.3) is 0 Å². The molecule has 1 saturated heterocycles. The Bertz CT molecular complexity index is 776. The van der Waals surface area contributed by atoms with Gasteiger partial charge in [-0.2, -0.15) is 0 Å². The van der Waals surface area contributed by atoms with Gasteiger partial charge in [0.1, 0.15) is 11.9 Å². The highest BCUT2D eigenvalue weighted by molar-refractivity contribution is 5.47. The van der Waals surface area contributed by atoms with Crippen LogP contribution in [0.5, 0.6) is 0 Å². The van der Waals surface area contributed by atoms with Crippen molar-refractivity contribution in [2.24, 2.45) is 0 Å². The van der Waals surface area contributed by atoms with Gasteiger partial charge in [-0.25, -0.2) is 4.39 Å². The van der Waals surface area contributed by atoms with Crippen LogP contribution in [-0.2, 0) is 9.47 Å². The van der Waals surface area contributed by atoms with Crippen LogP contribution in [0.15, 0.2) is 42.5 Å². The highest BCUT2D eigenvalue weighted by atomic mass is 19.1. The average molecular weight is 341 g/mol. The van der Waals surface area contributed by atoms with Crippen molar-refractivity contribution in [1.29, 1.82) is 0 Å². The molecule has 1 aliphatic carbocycles. The molecule has 0 amide bonds. The van der Waals surface area contributed by atoms with E-state index >= 15 is 0 Å².